The zero-order chi connectivity index (χ0) is 19.5. The minimum atomic E-state index is 0.0425. The second kappa shape index (κ2) is 7.68. The molecule has 4 rings (SSSR count). The number of rotatable bonds is 6. The highest BCUT2D eigenvalue weighted by molar-refractivity contribution is 6.01. The van der Waals surface area contributed by atoms with Crippen LogP contribution in [0.25, 0.3) is 22.9 Å². The van der Waals surface area contributed by atoms with Crippen LogP contribution in [0.15, 0.2) is 42.7 Å². The highest BCUT2D eigenvalue weighted by Gasteiger charge is 2.29. The number of ether oxygens (including phenoxy) is 1. The highest BCUT2D eigenvalue weighted by Crippen LogP contribution is 2.31. The Morgan fingerprint density at radius 2 is 1.89 bits per heavy atom. The predicted octanol–water partition coefficient (Wildman–Crippen LogP) is 4.20. The van der Waals surface area contributed by atoms with E-state index in [1.807, 2.05) is 55.7 Å². The van der Waals surface area contributed by atoms with E-state index < -0.39 is 0 Å². The van der Waals surface area contributed by atoms with Crippen LogP contribution < -0.4 is 15.4 Å². The van der Waals surface area contributed by atoms with Crippen molar-refractivity contribution in [2.45, 2.75) is 12.8 Å². The molecule has 0 spiro atoms. The van der Waals surface area contributed by atoms with Crippen LogP contribution in [-0.2, 0) is 4.79 Å². The van der Waals surface area contributed by atoms with Gasteiger partial charge in [-0.25, -0.2) is 9.97 Å². The zero-order valence-corrected chi connectivity index (χ0v) is 15.9. The molecule has 1 aliphatic rings. The van der Waals surface area contributed by atoms with Gasteiger partial charge in [0.1, 0.15) is 17.4 Å². The number of methoxy groups -OCH3 is 1. The first-order chi connectivity index (χ1) is 13.7. The van der Waals surface area contributed by atoms with Crippen LogP contribution in [0.2, 0.25) is 0 Å². The molecule has 1 amide bonds. The summed E-state index contributed by atoms with van der Waals surface area (Å²) in [5, 5.41) is 7.87. The summed E-state index contributed by atoms with van der Waals surface area (Å²) in [6.45, 7) is 0. The average molecular weight is 374 g/mol. The van der Waals surface area contributed by atoms with Gasteiger partial charge in [0, 0.05) is 41.9 Å². The van der Waals surface area contributed by atoms with Crippen molar-refractivity contribution in [1.82, 2.24) is 9.97 Å². The molecule has 6 heteroatoms. The highest BCUT2D eigenvalue weighted by atomic mass is 16.5. The fourth-order valence-corrected chi connectivity index (χ4v) is 3.11. The maximum absolute atomic E-state index is 12.1. The van der Waals surface area contributed by atoms with Crippen LogP contribution in [-0.4, -0.2) is 30.0 Å². The smallest absolute Gasteiger partial charge is 0.228 e. The largest absolute Gasteiger partial charge is 0.496 e. The maximum atomic E-state index is 12.1. The van der Waals surface area contributed by atoms with Crippen molar-refractivity contribution in [1.29, 1.82) is 0 Å². The first-order valence-electron chi connectivity index (χ1n) is 9.28. The molecule has 0 saturated heterocycles. The Hall–Kier alpha value is -3.41. The molecule has 1 saturated carbocycles. The fourth-order valence-electron chi connectivity index (χ4n) is 3.11. The van der Waals surface area contributed by atoms with Crippen molar-refractivity contribution in [3.8, 4) is 5.75 Å². The van der Waals surface area contributed by atoms with Crippen molar-refractivity contribution in [3.05, 3.63) is 53.9 Å². The molecule has 2 aromatic heterocycles. The monoisotopic (exact) mass is 374 g/mol. The van der Waals surface area contributed by atoms with Gasteiger partial charge in [0.25, 0.3) is 0 Å². The van der Waals surface area contributed by atoms with E-state index in [1.165, 1.54) is 0 Å². The molecule has 6 nitrogen and oxygen atoms in total. The number of aromatic nitrogens is 2. The van der Waals surface area contributed by atoms with Crippen molar-refractivity contribution >= 4 is 40.5 Å². The lowest BCUT2D eigenvalue weighted by atomic mass is 10.1. The molecule has 1 aromatic carbocycles. The molecule has 1 fully saturated rings. The van der Waals surface area contributed by atoms with Gasteiger partial charge in [-0.2, -0.15) is 0 Å². The van der Waals surface area contributed by atoms with Gasteiger partial charge in [-0.1, -0.05) is 30.4 Å². The Kier molecular flexibility index (Phi) is 4.93. The van der Waals surface area contributed by atoms with E-state index in [2.05, 4.69) is 20.6 Å². The number of benzene rings is 1. The van der Waals surface area contributed by atoms with Gasteiger partial charge in [0.05, 0.1) is 7.11 Å². The SMILES string of the molecule is CNc1ncc(/C=C/c2ccccc2OC)c2cc(NC(=O)C3CC3)ncc12. The Bertz CT molecular complexity index is 1060. The predicted molar refractivity (Wildman–Crippen MR) is 112 cm³/mol. The van der Waals surface area contributed by atoms with Crippen LogP contribution >= 0.6 is 0 Å². The first-order valence-corrected chi connectivity index (χ1v) is 9.28. The van der Waals surface area contributed by atoms with Gasteiger partial charge in [-0.15, -0.1) is 0 Å². The molecule has 0 bridgehead atoms. The normalized spacial score (nSPS) is 13.6. The average Bonchev–Trinajstić information content (AvgIpc) is 3.57. The number of fused-ring (bicyclic) bond motifs is 1. The van der Waals surface area contributed by atoms with E-state index in [0.29, 0.717) is 5.82 Å². The minimum absolute atomic E-state index is 0.0425. The molecular formula is C22H22N4O2. The van der Waals surface area contributed by atoms with E-state index in [1.54, 1.807) is 13.3 Å². The summed E-state index contributed by atoms with van der Waals surface area (Å²) in [6.07, 6.45) is 9.47. The van der Waals surface area contributed by atoms with Gasteiger partial charge in [0.2, 0.25) is 5.91 Å². The second-order valence-corrected chi connectivity index (χ2v) is 6.77. The minimum Gasteiger partial charge on any atom is -0.496 e. The van der Waals surface area contributed by atoms with Crippen molar-refractivity contribution in [2.75, 3.05) is 24.8 Å². The van der Waals surface area contributed by atoms with Crippen LogP contribution in [0.4, 0.5) is 11.6 Å². The summed E-state index contributed by atoms with van der Waals surface area (Å²) in [5.41, 5.74) is 1.91. The number of amides is 1. The fraction of sp³-hybridized carbons (Fsp3) is 0.227. The number of anilines is 2. The molecule has 1 aliphatic carbocycles. The van der Waals surface area contributed by atoms with Gasteiger partial charge in [0.15, 0.2) is 0 Å². The maximum Gasteiger partial charge on any atom is 0.228 e. The topological polar surface area (TPSA) is 76.1 Å². The first kappa shape index (κ1) is 18.0. The molecular weight excluding hydrogens is 352 g/mol. The molecule has 142 valence electrons. The molecule has 0 aliphatic heterocycles. The van der Waals surface area contributed by atoms with E-state index in [9.17, 15) is 4.79 Å². The number of nitrogens with one attached hydrogen (secondary N) is 2. The summed E-state index contributed by atoms with van der Waals surface area (Å²) in [6, 6.07) is 9.73. The summed E-state index contributed by atoms with van der Waals surface area (Å²) in [4.78, 5) is 21.0. The lowest BCUT2D eigenvalue weighted by Crippen LogP contribution is -2.14. The Morgan fingerprint density at radius 3 is 2.64 bits per heavy atom. The second-order valence-electron chi connectivity index (χ2n) is 6.77. The van der Waals surface area contributed by atoms with Gasteiger partial charge in [-0.3, -0.25) is 4.79 Å². The Morgan fingerprint density at radius 1 is 1.11 bits per heavy atom. The van der Waals surface area contributed by atoms with E-state index in [0.717, 1.165) is 46.3 Å². The number of hydrogen-bond acceptors (Lipinski definition) is 5. The standard InChI is InChI=1S/C22H22N4O2/c1-23-21-18-13-24-20(26-22(27)15-8-9-15)11-17(18)16(12-25-21)10-7-14-5-3-4-6-19(14)28-2/h3-7,10-13,15H,8-9H2,1-2H3,(H,23,25)(H,24,26,27)/b10-7+. The lowest BCUT2D eigenvalue weighted by molar-refractivity contribution is -0.117. The summed E-state index contributed by atoms with van der Waals surface area (Å²) in [7, 11) is 3.49. The molecule has 2 heterocycles. The Labute approximate surface area is 163 Å². The molecule has 0 radical (unpaired) electrons. The van der Waals surface area contributed by atoms with Gasteiger partial charge >= 0.3 is 0 Å². The third-order valence-electron chi connectivity index (χ3n) is 4.82. The number of para-hydroxylation sites is 1. The lowest BCUT2D eigenvalue weighted by Gasteiger charge is -2.10. The molecule has 0 atom stereocenters. The summed E-state index contributed by atoms with van der Waals surface area (Å²) >= 11 is 0. The van der Waals surface area contributed by atoms with E-state index >= 15 is 0 Å². The Balaban J connectivity index is 1.73. The van der Waals surface area contributed by atoms with Gasteiger partial charge < -0.3 is 15.4 Å². The quantitative estimate of drug-likeness (QED) is 0.676. The third-order valence-corrected chi connectivity index (χ3v) is 4.82. The molecule has 0 unspecified atom stereocenters. The van der Waals surface area contributed by atoms with Crippen LogP contribution in [0, 0.1) is 5.92 Å². The van der Waals surface area contributed by atoms with Gasteiger partial charge in [-0.05, 0) is 30.4 Å². The zero-order valence-electron chi connectivity index (χ0n) is 15.9. The molecule has 3 aromatic rings. The molecule has 2 N–H and O–H groups in total. The number of carbonyl (C=O) groups is 1. The third kappa shape index (κ3) is 3.67. The van der Waals surface area contributed by atoms with Crippen molar-refractivity contribution in [2.24, 2.45) is 5.92 Å². The molecule has 28 heavy (non-hydrogen) atoms. The van der Waals surface area contributed by atoms with E-state index in [-0.39, 0.29) is 11.8 Å². The van der Waals surface area contributed by atoms with E-state index in [4.69, 9.17) is 4.74 Å². The number of carbonyl (C=O) groups excluding carboxylic acids is 1. The van der Waals surface area contributed by atoms with Crippen molar-refractivity contribution < 1.29 is 9.53 Å². The number of nitrogens with zero attached hydrogens (tertiary/aromatic N) is 2. The van der Waals surface area contributed by atoms with Crippen molar-refractivity contribution in [3.63, 3.8) is 0 Å². The number of pyridine rings is 2. The summed E-state index contributed by atoms with van der Waals surface area (Å²) < 4.78 is 5.41. The van der Waals surface area contributed by atoms with Crippen LogP contribution in [0.1, 0.15) is 24.0 Å². The number of hydrogen-bond donors (Lipinski definition) is 2. The van der Waals surface area contributed by atoms with Crippen LogP contribution in [0.5, 0.6) is 5.75 Å². The summed E-state index contributed by atoms with van der Waals surface area (Å²) in [5.74, 6) is 2.29. The van der Waals surface area contributed by atoms with Crippen LogP contribution in [0.3, 0.4) is 0 Å².